The Kier molecular flexibility index (Phi) is 3.16. The summed E-state index contributed by atoms with van der Waals surface area (Å²) in [6.45, 7) is 3.39. The zero-order chi connectivity index (χ0) is 7.65. The van der Waals surface area contributed by atoms with Crippen molar-refractivity contribution in [3.8, 4) is 0 Å². The largest absolute Gasteiger partial charge is 0.480 e. The van der Waals surface area contributed by atoms with Gasteiger partial charge in [-0.05, 0) is 6.92 Å². The second-order valence-corrected chi connectivity index (χ2v) is 5.02. The van der Waals surface area contributed by atoms with E-state index in [0.717, 1.165) is 0 Å². The molecule has 0 saturated heterocycles. The van der Waals surface area contributed by atoms with Crippen LogP contribution in [0.25, 0.3) is 0 Å². The van der Waals surface area contributed by atoms with Gasteiger partial charge in [-0.3, -0.25) is 4.79 Å². The van der Waals surface area contributed by atoms with Crippen molar-refractivity contribution in [1.29, 1.82) is 0 Å². The van der Waals surface area contributed by atoms with Crippen LogP contribution >= 0.6 is 31.9 Å². The monoisotopic (exact) mass is 258 g/mol. The Hall–Kier alpha value is 0.430. The van der Waals surface area contributed by atoms with Crippen LogP contribution in [-0.2, 0) is 4.79 Å². The highest BCUT2D eigenvalue weighted by Gasteiger charge is 2.34. The summed E-state index contributed by atoms with van der Waals surface area (Å²) in [7, 11) is 0. The Labute approximate surface area is 70.9 Å². The van der Waals surface area contributed by atoms with Gasteiger partial charge in [0.1, 0.15) is 4.32 Å². The van der Waals surface area contributed by atoms with Crippen LogP contribution in [0, 0.1) is 0 Å². The van der Waals surface area contributed by atoms with Crippen molar-refractivity contribution < 1.29 is 9.90 Å². The van der Waals surface area contributed by atoms with Crippen LogP contribution in [0.3, 0.4) is 0 Å². The number of halogens is 2. The van der Waals surface area contributed by atoms with Crippen molar-refractivity contribution in [3.05, 3.63) is 0 Å². The molecule has 0 aromatic carbocycles. The standard InChI is InChI=1S/C5H8Br2O2/c1-3(6)5(2,7)4(8)9/h3H,1-2H3,(H,8,9). The third-order valence-electron chi connectivity index (χ3n) is 1.17. The molecule has 0 bridgehead atoms. The molecule has 1 N–H and O–H groups in total. The normalized spacial score (nSPS) is 20.4. The molecular formula is C5H8Br2O2. The van der Waals surface area contributed by atoms with Gasteiger partial charge in [-0.25, -0.2) is 0 Å². The van der Waals surface area contributed by atoms with Crippen molar-refractivity contribution in [2.45, 2.75) is 23.0 Å². The SMILES string of the molecule is CC(Br)C(C)(Br)C(=O)O. The topological polar surface area (TPSA) is 37.3 Å². The predicted octanol–water partition coefficient (Wildman–Crippen LogP) is 2.01. The molecule has 0 aromatic rings. The third kappa shape index (κ3) is 2.26. The number of aliphatic carboxylic acids is 1. The molecule has 2 nitrogen and oxygen atoms in total. The first-order chi connectivity index (χ1) is 3.89. The van der Waals surface area contributed by atoms with E-state index in [9.17, 15) is 4.79 Å². The van der Waals surface area contributed by atoms with Crippen molar-refractivity contribution in [1.82, 2.24) is 0 Å². The number of carboxylic acids is 1. The van der Waals surface area contributed by atoms with E-state index in [1.54, 1.807) is 13.8 Å². The first-order valence-electron chi connectivity index (χ1n) is 2.45. The molecule has 0 radical (unpaired) electrons. The van der Waals surface area contributed by atoms with Gasteiger partial charge in [-0.2, -0.15) is 0 Å². The van der Waals surface area contributed by atoms with E-state index in [2.05, 4.69) is 31.9 Å². The Bertz CT molecular complexity index is 120. The Morgan fingerprint density at radius 3 is 2.11 bits per heavy atom. The molecule has 0 aliphatic carbocycles. The van der Waals surface area contributed by atoms with Gasteiger partial charge in [0.25, 0.3) is 0 Å². The van der Waals surface area contributed by atoms with Crippen LogP contribution in [-0.4, -0.2) is 20.2 Å². The van der Waals surface area contributed by atoms with Gasteiger partial charge < -0.3 is 5.11 Å². The summed E-state index contributed by atoms with van der Waals surface area (Å²) >= 11 is 6.23. The summed E-state index contributed by atoms with van der Waals surface area (Å²) in [5, 5.41) is 8.53. The van der Waals surface area contributed by atoms with Crippen molar-refractivity contribution in [2.24, 2.45) is 0 Å². The third-order valence-corrected chi connectivity index (χ3v) is 3.72. The van der Waals surface area contributed by atoms with E-state index in [-0.39, 0.29) is 4.83 Å². The Morgan fingerprint density at radius 2 is 2.11 bits per heavy atom. The summed E-state index contributed by atoms with van der Waals surface area (Å²) in [6, 6.07) is 0. The fourth-order valence-corrected chi connectivity index (χ4v) is 0.366. The summed E-state index contributed by atoms with van der Waals surface area (Å²) in [4.78, 5) is 10.3. The molecule has 4 heteroatoms. The minimum Gasteiger partial charge on any atom is -0.480 e. The highest BCUT2D eigenvalue weighted by Crippen LogP contribution is 2.27. The van der Waals surface area contributed by atoms with Crippen molar-refractivity contribution in [2.75, 3.05) is 0 Å². The Balaban J connectivity index is 4.19. The number of rotatable bonds is 2. The number of hydrogen-bond donors (Lipinski definition) is 1. The molecule has 0 spiro atoms. The van der Waals surface area contributed by atoms with E-state index in [0.29, 0.717) is 0 Å². The summed E-state index contributed by atoms with van der Waals surface area (Å²) in [5.74, 6) is -0.855. The molecule has 0 aromatic heterocycles. The van der Waals surface area contributed by atoms with Gasteiger partial charge in [0, 0.05) is 4.83 Å². The first kappa shape index (κ1) is 9.43. The number of carboxylic acid groups (broad SMARTS) is 1. The Morgan fingerprint density at radius 1 is 1.78 bits per heavy atom. The lowest BCUT2D eigenvalue weighted by molar-refractivity contribution is -0.139. The lowest BCUT2D eigenvalue weighted by Crippen LogP contribution is -2.35. The summed E-state index contributed by atoms with van der Waals surface area (Å²) in [5.41, 5.74) is 0. The predicted molar refractivity (Wildman–Crippen MR) is 43.4 cm³/mol. The number of alkyl halides is 2. The lowest BCUT2D eigenvalue weighted by Gasteiger charge is -2.19. The van der Waals surface area contributed by atoms with Gasteiger partial charge in [0.2, 0.25) is 0 Å². The molecule has 0 fully saturated rings. The van der Waals surface area contributed by atoms with E-state index in [1.165, 1.54) is 0 Å². The minimum atomic E-state index is -0.855. The molecule has 2 unspecified atom stereocenters. The van der Waals surface area contributed by atoms with E-state index in [1.807, 2.05) is 0 Å². The number of hydrogen-bond acceptors (Lipinski definition) is 1. The maximum atomic E-state index is 10.4. The van der Waals surface area contributed by atoms with Crippen LogP contribution in [0.15, 0.2) is 0 Å². The second-order valence-electron chi connectivity index (χ2n) is 2.00. The van der Waals surface area contributed by atoms with Crippen molar-refractivity contribution >= 4 is 37.8 Å². The first-order valence-corrected chi connectivity index (χ1v) is 4.16. The van der Waals surface area contributed by atoms with Crippen LogP contribution in [0.1, 0.15) is 13.8 Å². The lowest BCUT2D eigenvalue weighted by atomic mass is 10.1. The van der Waals surface area contributed by atoms with Crippen LogP contribution in [0.4, 0.5) is 0 Å². The average Bonchev–Trinajstić information content (AvgIpc) is 1.65. The van der Waals surface area contributed by atoms with Gasteiger partial charge in [-0.1, -0.05) is 38.8 Å². The molecule has 54 valence electrons. The zero-order valence-electron chi connectivity index (χ0n) is 5.19. The quantitative estimate of drug-likeness (QED) is 0.771. The highest BCUT2D eigenvalue weighted by molar-refractivity contribution is 9.12. The van der Waals surface area contributed by atoms with Gasteiger partial charge in [0.05, 0.1) is 0 Å². The second kappa shape index (κ2) is 3.01. The maximum absolute atomic E-state index is 10.4. The van der Waals surface area contributed by atoms with Crippen LogP contribution in [0.5, 0.6) is 0 Å². The smallest absolute Gasteiger partial charge is 0.321 e. The molecule has 9 heavy (non-hydrogen) atoms. The van der Waals surface area contributed by atoms with Gasteiger partial charge in [0.15, 0.2) is 0 Å². The molecule has 2 atom stereocenters. The van der Waals surface area contributed by atoms with Gasteiger partial charge >= 0.3 is 5.97 Å². The van der Waals surface area contributed by atoms with E-state index in [4.69, 9.17) is 5.11 Å². The molecule has 0 saturated carbocycles. The summed E-state index contributed by atoms with van der Waals surface area (Å²) < 4.78 is -0.854. The van der Waals surface area contributed by atoms with E-state index >= 15 is 0 Å². The van der Waals surface area contributed by atoms with E-state index < -0.39 is 10.3 Å². The van der Waals surface area contributed by atoms with Gasteiger partial charge in [-0.15, -0.1) is 0 Å². The highest BCUT2D eigenvalue weighted by atomic mass is 79.9. The number of carbonyl (C=O) groups is 1. The fourth-order valence-electron chi connectivity index (χ4n) is 0.170. The molecular weight excluding hydrogens is 252 g/mol. The molecule has 0 aliphatic heterocycles. The zero-order valence-corrected chi connectivity index (χ0v) is 8.36. The fraction of sp³-hybridized carbons (Fsp3) is 0.800. The van der Waals surface area contributed by atoms with Crippen LogP contribution < -0.4 is 0 Å². The maximum Gasteiger partial charge on any atom is 0.321 e. The molecule has 0 heterocycles. The minimum absolute atomic E-state index is 0.0810. The van der Waals surface area contributed by atoms with Crippen LogP contribution in [0.2, 0.25) is 0 Å². The average molecular weight is 260 g/mol. The van der Waals surface area contributed by atoms with Crippen molar-refractivity contribution in [3.63, 3.8) is 0 Å². The summed E-state index contributed by atoms with van der Waals surface area (Å²) in [6.07, 6.45) is 0. The molecule has 0 amide bonds. The molecule has 0 rings (SSSR count). The molecule has 0 aliphatic rings.